The Kier molecular flexibility index (Phi) is 7.25. The van der Waals surface area contributed by atoms with E-state index in [1.165, 1.54) is 4.90 Å². The van der Waals surface area contributed by atoms with E-state index in [9.17, 15) is 18.0 Å². The van der Waals surface area contributed by atoms with E-state index < -0.39 is 24.7 Å². The van der Waals surface area contributed by atoms with Crippen LogP contribution in [-0.4, -0.2) is 69.0 Å². The number of carbonyl (C=O) groups excluding carboxylic acids is 1. The molecule has 1 unspecified atom stereocenters. The molecule has 0 aromatic carbocycles. The molecule has 1 saturated heterocycles. The van der Waals surface area contributed by atoms with Gasteiger partial charge in [-0.3, -0.25) is 9.69 Å². The molecule has 1 aliphatic heterocycles. The second kappa shape index (κ2) is 8.43. The lowest BCUT2D eigenvalue weighted by atomic mass is 10.2. The van der Waals surface area contributed by atoms with Crippen LogP contribution in [0.2, 0.25) is 0 Å². The summed E-state index contributed by atoms with van der Waals surface area (Å²) in [6, 6.07) is -1.62. The van der Waals surface area contributed by atoms with Crippen LogP contribution in [-0.2, 0) is 9.53 Å². The highest BCUT2D eigenvalue weighted by Crippen LogP contribution is 2.24. The maximum Gasteiger partial charge on any atom is 0.405 e. The van der Waals surface area contributed by atoms with Crippen LogP contribution in [0, 0.1) is 0 Å². The van der Waals surface area contributed by atoms with Gasteiger partial charge in [0.05, 0.1) is 6.61 Å². The van der Waals surface area contributed by atoms with Crippen LogP contribution in [0.4, 0.5) is 13.2 Å². The van der Waals surface area contributed by atoms with Gasteiger partial charge in [0.2, 0.25) is 5.91 Å². The molecule has 0 saturated carbocycles. The van der Waals surface area contributed by atoms with Crippen LogP contribution >= 0.6 is 0 Å². The summed E-state index contributed by atoms with van der Waals surface area (Å²) in [4.78, 5) is 12.8. The molecule has 0 radical (unpaired) electrons. The molecule has 0 spiro atoms. The van der Waals surface area contributed by atoms with E-state index in [4.69, 9.17) is 4.74 Å². The minimum Gasteiger partial charge on any atom is -0.381 e. The third-order valence-electron chi connectivity index (χ3n) is 3.14. The van der Waals surface area contributed by atoms with Crippen molar-refractivity contribution in [3.63, 3.8) is 0 Å². The summed E-state index contributed by atoms with van der Waals surface area (Å²) >= 11 is 0. The van der Waals surface area contributed by atoms with Gasteiger partial charge in [-0.2, -0.15) is 13.2 Å². The molecule has 1 fully saturated rings. The van der Waals surface area contributed by atoms with Crippen molar-refractivity contribution in [2.24, 2.45) is 0 Å². The van der Waals surface area contributed by atoms with Gasteiger partial charge in [0.15, 0.2) is 0 Å². The fraction of sp³-hybridized carbons (Fsp3) is 0.917. The van der Waals surface area contributed by atoms with Crippen molar-refractivity contribution in [3.05, 3.63) is 0 Å². The molecule has 0 aromatic rings. The second-order valence-corrected chi connectivity index (χ2v) is 4.59. The molecule has 1 atom stereocenters. The quantitative estimate of drug-likeness (QED) is 0.667. The van der Waals surface area contributed by atoms with Crippen LogP contribution in [0.1, 0.15) is 13.3 Å². The number of nitrogens with one attached hydrogen (secondary N) is 2. The Bertz CT molecular complexity index is 294. The smallest absolute Gasteiger partial charge is 0.381 e. The molecule has 1 aliphatic rings. The Labute approximate surface area is 116 Å². The summed E-state index contributed by atoms with van der Waals surface area (Å²) in [7, 11) is 0. The SMILES string of the molecule is CCOCCC(=O)NCC(N1CCNCC1)C(F)(F)F. The summed E-state index contributed by atoms with van der Waals surface area (Å²) in [6.07, 6.45) is -4.26. The number of carbonyl (C=O) groups is 1. The number of nitrogens with zero attached hydrogens (tertiary/aromatic N) is 1. The zero-order valence-electron chi connectivity index (χ0n) is 11.6. The minimum atomic E-state index is -4.34. The van der Waals surface area contributed by atoms with Gasteiger partial charge in [-0.05, 0) is 6.92 Å². The Morgan fingerprint density at radius 2 is 2.05 bits per heavy atom. The largest absolute Gasteiger partial charge is 0.405 e. The van der Waals surface area contributed by atoms with Gasteiger partial charge in [-0.15, -0.1) is 0 Å². The Balaban J connectivity index is 2.42. The fourth-order valence-electron chi connectivity index (χ4n) is 2.05. The van der Waals surface area contributed by atoms with Gasteiger partial charge < -0.3 is 15.4 Å². The van der Waals surface area contributed by atoms with E-state index in [1.807, 2.05) is 0 Å². The maximum absolute atomic E-state index is 13.0. The average Bonchev–Trinajstić information content (AvgIpc) is 2.39. The molecule has 1 heterocycles. The summed E-state index contributed by atoms with van der Waals surface area (Å²) in [5.74, 6) is -0.414. The first-order valence-corrected chi connectivity index (χ1v) is 6.81. The van der Waals surface area contributed by atoms with Crippen molar-refractivity contribution in [1.29, 1.82) is 0 Å². The summed E-state index contributed by atoms with van der Waals surface area (Å²) in [5.41, 5.74) is 0. The van der Waals surface area contributed by atoms with Gasteiger partial charge in [0.25, 0.3) is 0 Å². The predicted molar refractivity (Wildman–Crippen MR) is 68.4 cm³/mol. The van der Waals surface area contributed by atoms with E-state index in [0.717, 1.165) is 0 Å². The lowest BCUT2D eigenvalue weighted by Crippen LogP contribution is -2.57. The lowest BCUT2D eigenvalue weighted by Gasteiger charge is -2.35. The van der Waals surface area contributed by atoms with Crippen molar-refractivity contribution in [2.75, 3.05) is 45.9 Å². The van der Waals surface area contributed by atoms with Crippen molar-refractivity contribution in [1.82, 2.24) is 15.5 Å². The topological polar surface area (TPSA) is 53.6 Å². The lowest BCUT2D eigenvalue weighted by molar-refractivity contribution is -0.184. The van der Waals surface area contributed by atoms with E-state index in [2.05, 4.69) is 10.6 Å². The number of alkyl halides is 3. The molecule has 118 valence electrons. The highest BCUT2D eigenvalue weighted by molar-refractivity contribution is 5.75. The first-order valence-electron chi connectivity index (χ1n) is 6.81. The molecule has 20 heavy (non-hydrogen) atoms. The molecule has 0 aromatic heterocycles. The number of rotatable bonds is 7. The zero-order valence-corrected chi connectivity index (χ0v) is 11.6. The molecule has 0 bridgehead atoms. The Morgan fingerprint density at radius 3 is 2.60 bits per heavy atom. The van der Waals surface area contributed by atoms with Crippen LogP contribution in [0.25, 0.3) is 0 Å². The maximum atomic E-state index is 13.0. The van der Waals surface area contributed by atoms with Crippen LogP contribution in [0.3, 0.4) is 0 Å². The van der Waals surface area contributed by atoms with E-state index >= 15 is 0 Å². The first-order chi connectivity index (χ1) is 9.45. The number of ether oxygens (including phenoxy) is 1. The van der Waals surface area contributed by atoms with E-state index in [-0.39, 0.29) is 13.0 Å². The highest BCUT2D eigenvalue weighted by Gasteiger charge is 2.43. The number of piperazine rings is 1. The zero-order chi connectivity index (χ0) is 15.0. The van der Waals surface area contributed by atoms with Crippen LogP contribution in [0.15, 0.2) is 0 Å². The molecular formula is C12H22F3N3O2. The average molecular weight is 297 g/mol. The van der Waals surface area contributed by atoms with Crippen molar-refractivity contribution in [2.45, 2.75) is 25.6 Å². The normalized spacial score (nSPS) is 18.8. The van der Waals surface area contributed by atoms with Gasteiger partial charge in [-0.1, -0.05) is 0 Å². The van der Waals surface area contributed by atoms with Gasteiger partial charge >= 0.3 is 6.18 Å². The van der Waals surface area contributed by atoms with Crippen molar-refractivity contribution < 1.29 is 22.7 Å². The molecule has 1 amide bonds. The Hall–Kier alpha value is -0.860. The summed E-state index contributed by atoms with van der Waals surface area (Å²) in [6.45, 7) is 3.83. The van der Waals surface area contributed by atoms with Gasteiger partial charge in [0, 0.05) is 45.8 Å². The number of hydrogen-bond donors (Lipinski definition) is 2. The molecule has 8 heteroatoms. The van der Waals surface area contributed by atoms with Gasteiger partial charge in [-0.25, -0.2) is 0 Å². The van der Waals surface area contributed by atoms with Crippen LogP contribution < -0.4 is 10.6 Å². The molecule has 0 aliphatic carbocycles. The monoisotopic (exact) mass is 297 g/mol. The standard InChI is InChI=1S/C12H22F3N3O2/c1-2-20-8-3-11(19)17-9-10(12(13,14)15)18-6-4-16-5-7-18/h10,16H,2-9H2,1H3,(H,17,19). The Morgan fingerprint density at radius 1 is 1.40 bits per heavy atom. The third-order valence-corrected chi connectivity index (χ3v) is 3.14. The minimum absolute atomic E-state index is 0.0833. The summed E-state index contributed by atoms with van der Waals surface area (Å²) in [5, 5.41) is 5.35. The molecule has 5 nitrogen and oxygen atoms in total. The molecule has 1 rings (SSSR count). The number of hydrogen-bond acceptors (Lipinski definition) is 4. The van der Waals surface area contributed by atoms with E-state index in [0.29, 0.717) is 32.8 Å². The fourth-order valence-corrected chi connectivity index (χ4v) is 2.05. The van der Waals surface area contributed by atoms with Crippen LogP contribution in [0.5, 0.6) is 0 Å². The summed E-state index contributed by atoms with van der Waals surface area (Å²) < 4.78 is 44.1. The van der Waals surface area contributed by atoms with Crippen molar-refractivity contribution >= 4 is 5.91 Å². The molecule has 2 N–H and O–H groups in total. The van der Waals surface area contributed by atoms with Gasteiger partial charge in [0.1, 0.15) is 6.04 Å². The first kappa shape index (κ1) is 17.2. The van der Waals surface area contributed by atoms with Crippen molar-refractivity contribution in [3.8, 4) is 0 Å². The van der Waals surface area contributed by atoms with E-state index in [1.54, 1.807) is 6.92 Å². The second-order valence-electron chi connectivity index (χ2n) is 4.59. The highest BCUT2D eigenvalue weighted by atomic mass is 19.4. The number of halogens is 3. The number of amides is 1. The molecular weight excluding hydrogens is 275 g/mol. The third kappa shape index (κ3) is 6.06. The predicted octanol–water partition coefficient (Wildman–Crippen LogP) is 0.365.